The van der Waals surface area contributed by atoms with Gasteiger partial charge in [-0.15, -0.1) is 0 Å². The lowest BCUT2D eigenvalue weighted by Gasteiger charge is -2.37. The molecule has 13 heteroatoms. The number of benzene rings is 1. The average molecular weight is 508 g/mol. The van der Waals surface area contributed by atoms with Crippen LogP contribution in [0.1, 0.15) is 41.3 Å². The van der Waals surface area contributed by atoms with Gasteiger partial charge in [-0.1, -0.05) is 0 Å². The fourth-order valence-electron chi connectivity index (χ4n) is 4.02. The Morgan fingerprint density at radius 1 is 1.24 bits per heavy atom. The number of nitrogens with zero attached hydrogens (tertiary/aromatic N) is 6. The smallest absolute Gasteiger partial charge is 0.301 e. The third kappa shape index (κ3) is 5.23. The van der Waals surface area contributed by atoms with Gasteiger partial charge in [-0.25, -0.2) is 23.7 Å². The number of piperidine rings is 1. The van der Waals surface area contributed by atoms with Gasteiger partial charge in [0.2, 0.25) is 11.7 Å². The third-order valence-electron chi connectivity index (χ3n) is 6.15. The molecule has 1 aliphatic heterocycles. The molecule has 0 unspecified atom stereocenters. The lowest BCUT2D eigenvalue weighted by molar-refractivity contribution is -0.132. The Balaban J connectivity index is 1.29. The van der Waals surface area contributed by atoms with E-state index < -0.39 is 24.5 Å². The van der Waals surface area contributed by atoms with E-state index in [9.17, 15) is 23.6 Å². The van der Waals surface area contributed by atoms with Crippen molar-refractivity contribution >= 4 is 17.6 Å². The van der Waals surface area contributed by atoms with E-state index in [2.05, 4.69) is 30.5 Å². The molecular formula is C24H22F2N8O3. The number of aryl methyl sites for hydroxylation is 1. The first kappa shape index (κ1) is 24.2. The monoisotopic (exact) mass is 508 g/mol. The molecule has 2 N–H and O–H groups in total. The van der Waals surface area contributed by atoms with Crippen molar-refractivity contribution < 1.29 is 23.1 Å². The van der Waals surface area contributed by atoms with Crippen molar-refractivity contribution in [2.24, 2.45) is 5.92 Å². The Morgan fingerprint density at radius 2 is 2.05 bits per heavy atom. The number of H-pyrrole nitrogens is 1. The highest BCUT2D eigenvalue weighted by Gasteiger charge is 2.48. The van der Waals surface area contributed by atoms with Gasteiger partial charge >= 0.3 is 5.92 Å². The number of anilines is 1. The molecule has 3 heterocycles. The van der Waals surface area contributed by atoms with Crippen molar-refractivity contribution in [1.82, 2.24) is 30.0 Å². The predicted octanol–water partition coefficient (Wildman–Crippen LogP) is 2.72. The Morgan fingerprint density at radius 3 is 2.73 bits per heavy atom. The van der Waals surface area contributed by atoms with Gasteiger partial charge in [-0.05, 0) is 38.0 Å². The summed E-state index contributed by atoms with van der Waals surface area (Å²) in [6.45, 7) is 0.748. The van der Waals surface area contributed by atoms with Gasteiger partial charge < -0.3 is 15.0 Å². The third-order valence-corrected chi connectivity index (χ3v) is 6.15. The van der Waals surface area contributed by atoms with E-state index in [1.807, 2.05) is 6.07 Å². The van der Waals surface area contributed by atoms with E-state index >= 15 is 0 Å². The minimum atomic E-state index is -3.37. The predicted molar refractivity (Wildman–Crippen MR) is 125 cm³/mol. The molecule has 1 atom stereocenters. The first-order chi connectivity index (χ1) is 17.7. The van der Waals surface area contributed by atoms with Crippen molar-refractivity contribution in [3.8, 4) is 23.1 Å². The van der Waals surface area contributed by atoms with E-state index in [4.69, 9.17) is 4.74 Å². The number of aromatic nitrogens is 5. The number of carbonyl (C=O) groups excluding carboxylic acids is 2. The Labute approximate surface area is 209 Å². The van der Waals surface area contributed by atoms with E-state index in [-0.39, 0.29) is 41.9 Å². The topological polar surface area (TPSA) is 150 Å². The molecule has 1 aromatic carbocycles. The summed E-state index contributed by atoms with van der Waals surface area (Å²) in [5, 5.41) is 18.6. The molecule has 0 radical (unpaired) electrons. The summed E-state index contributed by atoms with van der Waals surface area (Å²) in [4.78, 5) is 37.7. The molecule has 190 valence electrons. The zero-order chi connectivity index (χ0) is 26.2. The van der Waals surface area contributed by atoms with Crippen LogP contribution in [0, 0.1) is 24.2 Å². The van der Waals surface area contributed by atoms with Gasteiger partial charge in [0, 0.05) is 30.5 Å². The van der Waals surface area contributed by atoms with Gasteiger partial charge in [0.1, 0.15) is 29.8 Å². The molecule has 5 rings (SSSR count). The summed E-state index contributed by atoms with van der Waals surface area (Å²) >= 11 is 0. The molecule has 2 fully saturated rings. The minimum Gasteiger partial charge on any atom is -0.483 e. The van der Waals surface area contributed by atoms with Crippen molar-refractivity contribution in [3.05, 3.63) is 47.8 Å². The number of halogens is 2. The molecule has 11 nitrogen and oxygen atoms in total. The number of alkyl halides is 2. The fraction of sp³-hybridized carbons (Fsp3) is 0.375. The maximum Gasteiger partial charge on any atom is 0.301 e. The molecule has 1 saturated heterocycles. The first-order valence-corrected chi connectivity index (χ1v) is 11.6. The molecule has 2 amide bonds. The van der Waals surface area contributed by atoms with Crippen LogP contribution < -0.4 is 10.1 Å². The number of nitriles is 1. The minimum absolute atomic E-state index is 0.00197. The largest absolute Gasteiger partial charge is 0.483 e. The summed E-state index contributed by atoms with van der Waals surface area (Å²) in [5.41, 5.74) is 1.03. The van der Waals surface area contributed by atoms with Crippen LogP contribution in [0.15, 0.2) is 30.6 Å². The number of likely N-dealkylation sites (tertiary alicyclic amines) is 1. The van der Waals surface area contributed by atoms with Crippen LogP contribution in [0.5, 0.6) is 5.75 Å². The second-order valence-electron chi connectivity index (χ2n) is 8.99. The summed E-state index contributed by atoms with van der Waals surface area (Å²) in [6, 6.07) is 8.06. The number of ether oxygens (including phenoxy) is 1. The van der Waals surface area contributed by atoms with Gasteiger partial charge in [-0.3, -0.25) is 14.7 Å². The maximum absolute atomic E-state index is 15.0. The number of amides is 2. The molecule has 1 saturated carbocycles. The maximum atomic E-state index is 15.0. The molecule has 1 aliphatic carbocycles. The average Bonchev–Trinajstić information content (AvgIpc) is 3.65. The van der Waals surface area contributed by atoms with Crippen molar-refractivity contribution in [2.45, 2.75) is 38.2 Å². The van der Waals surface area contributed by atoms with E-state index in [0.29, 0.717) is 22.9 Å². The molecule has 2 aromatic heterocycles. The van der Waals surface area contributed by atoms with Gasteiger partial charge in [0.25, 0.3) is 5.91 Å². The normalized spacial score (nSPS) is 18.6. The number of hydrogen-bond acceptors (Lipinski definition) is 8. The molecular weight excluding hydrogens is 486 g/mol. The lowest BCUT2D eigenvalue weighted by atomic mass is 10.0. The molecule has 2 aliphatic rings. The highest BCUT2D eigenvalue weighted by Crippen LogP contribution is 2.34. The molecule has 3 aromatic rings. The molecule has 0 bridgehead atoms. The van der Waals surface area contributed by atoms with Crippen LogP contribution in [-0.2, 0) is 4.79 Å². The van der Waals surface area contributed by atoms with Crippen LogP contribution in [0.25, 0.3) is 11.3 Å². The lowest BCUT2D eigenvalue weighted by Crippen LogP contribution is -2.55. The number of aromatic amines is 1. The van der Waals surface area contributed by atoms with Crippen LogP contribution in [-0.4, -0.2) is 67.0 Å². The standard InChI is InChI=1S/C24H22F2N8O3/c1-13-30-21(33-32-13)23(36)34-7-6-19(24(25,26)11-34)37-18-5-4-15(8-16(18)10-27)17-9-20(29-12-28-17)31-22(35)14-2-3-14/h4-5,8-9,12,14,19H,2-3,6-7,11H2,1H3,(H,30,32,33)(H,28,29,31,35)/t19-/m0/s1. The summed E-state index contributed by atoms with van der Waals surface area (Å²) in [7, 11) is 0. The highest BCUT2D eigenvalue weighted by molar-refractivity contribution is 5.93. The summed E-state index contributed by atoms with van der Waals surface area (Å²) in [6.07, 6.45) is 1.33. The van der Waals surface area contributed by atoms with Crippen molar-refractivity contribution in [1.29, 1.82) is 5.26 Å². The number of nitrogens with one attached hydrogen (secondary N) is 2. The Hall–Kier alpha value is -4.47. The Kier molecular flexibility index (Phi) is 6.24. The number of rotatable bonds is 6. The molecule has 0 spiro atoms. The second-order valence-corrected chi connectivity index (χ2v) is 8.99. The SMILES string of the molecule is Cc1n[nH]c(C(=O)N2CC[C@H](Oc3ccc(-c4cc(NC(=O)C5CC5)ncn4)cc3C#N)C(F)(F)C2)n1. The number of carbonyl (C=O) groups is 2. The van der Waals surface area contributed by atoms with E-state index in [0.717, 1.165) is 17.7 Å². The quantitative estimate of drug-likeness (QED) is 0.516. The fourth-order valence-corrected chi connectivity index (χ4v) is 4.02. The highest BCUT2D eigenvalue weighted by atomic mass is 19.3. The van der Waals surface area contributed by atoms with E-state index in [1.165, 1.54) is 18.5 Å². The zero-order valence-electron chi connectivity index (χ0n) is 19.7. The van der Waals surface area contributed by atoms with E-state index in [1.54, 1.807) is 19.1 Å². The van der Waals surface area contributed by atoms with Gasteiger partial charge in [0.05, 0.1) is 17.8 Å². The van der Waals surface area contributed by atoms with Crippen LogP contribution >= 0.6 is 0 Å². The van der Waals surface area contributed by atoms with Crippen molar-refractivity contribution in [2.75, 3.05) is 18.4 Å². The van der Waals surface area contributed by atoms with Gasteiger partial charge in [-0.2, -0.15) is 10.4 Å². The van der Waals surface area contributed by atoms with Crippen LogP contribution in [0.3, 0.4) is 0 Å². The van der Waals surface area contributed by atoms with Crippen LogP contribution in [0.2, 0.25) is 0 Å². The number of hydrogen-bond donors (Lipinski definition) is 2. The second kappa shape index (κ2) is 9.53. The summed E-state index contributed by atoms with van der Waals surface area (Å²) in [5.74, 6) is -3.56. The Bertz CT molecular complexity index is 1400. The zero-order valence-corrected chi connectivity index (χ0v) is 19.7. The first-order valence-electron chi connectivity index (χ1n) is 11.6. The van der Waals surface area contributed by atoms with Gasteiger partial charge in [0.15, 0.2) is 6.10 Å². The van der Waals surface area contributed by atoms with Crippen LogP contribution in [0.4, 0.5) is 14.6 Å². The van der Waals surface area contributed by atoms with Crippen molar-refractivity contribution in [3.63, 3.8) is 0 Å². The summed E-state index contributed by atoms with van der Waals surface area (Å²) < 4.78 is 35.5. The molecule has 37 heavy (non-hydrogen) atoms.